The van der Waals surface area contributed by atoms with Gasteiger partial charge in [-0.05, 0) is 0 Å². The van der Waals surface area contributed by atoms with E-state index in [-0.39, 0.29) is 6.61 Å². The summed E-state index contributed by atoms with van der Waals surface area (Å²) in [5.74, 6) is 0. The second-order valence-electron chi connectivity index (χ2n) is 2.24. The Morgan fingerprint density at radius 2 is 2.27 bits per heavy atom. The molecule has 0 aromatic carbocycles. The van der Waals surface area contributed by atoms with E-state index < -0.39 is 6.10 Å². The second-order valence-corrected chi connectivity index (χ2v) is 2.24. The largest absolute Gasteiger partial charge is 0.394 e. The lowest BCUT2D eigenvalue weighted by atomic mass is 10.2. The van der Waals surface area contributed by atoms with Gasteiger partial charge in [0.15, 0.2) is 0 Å². The Balaban J connectivity index is 2.51. The summed E-state index contributed by atoms with van der Waals surface area (Å²) in [6, 6.07) is 0. The third-order valence-electron chi connectivity index (χ3n) is 1.27. The highest BCUT2D eigenvalue weighted by molar-refractivity contribution is 4.96. The molecule has 0 amide bonds. The Hall–Kier alpha value is -1.00. The number of aliphatic hydroxyl groups is 2. The van der Waals surface area contributed by atoms with E-state index in [4.69, 9.17) is 10.2 Å². The van der Waals surface area contributed by atoms with E-state index in [9.17, 15) is 0 Å². The number of aromatic nitrogens is 2. The summed E-state index contributed by atoms with van der Waals surface area (Å²) in [5, 5.41) is 17.5. The lowest BCUT2D eigenvalue weighted by molar-refractivity contribution is 0.0946. The van der Waals surface area contributed by atoms with E-state index in [1.54, 1.807) is 18.6 Å². The van der Waals surface area contributed by atoms with Crippen LogP contribution in [0.2, 0.25) is 0 Å². The lowest BCUT2D eigenvalue weighted by Gasteiger charge is -2.04. The zero-order valence-electron chi connectivity index (χ0n) is 6.01. The van der Waals surface area contributed by atoms with Gasteiger partial charge in [0.1, 0.15) is 0 Å². The topological polar surface area (TPSA) is 66.2 Å². The highest BCUT2D eigenvalue weighted by Crippen LogP contribution is 1.95. The number of hydrogen-bond donors (Lipinski definition) is 2. The van der Waals surface area contributed by atoms with Crippen molar-refractivity contribution in [3.05, 3.63) is 24.3 Å². The molecule has 0 aliphatic carbocycles. The predicted octanol–water partition coefficient (Wildman–Crippen LogP) is -0.628. The molecule has 0 saturated heterocycles. The van der Waals surface area contributed by atoms with Crippen LogP contribution in [0.5, 0.6) is 0 Å². The van der Waals surface area contributed by atoms with E-state index in [2.05, 4.69) is 9.97 Å². The first kappa shape index (κ1) is 8.10. The summed E-state index contributed by atoms with van der Waals surface area (Å²) in [6.45, 7) is -0.240. The van der Waals surface area contributed by atoms with Crippen molar-refractivity contribution < 1.29 is 10.2 Å². The van der Waals surface area contributed by atoms with Crippen LogP contribution in [0.15, 0.2) is 18.6 Å². The van der Waals surface area contributed by atoms with Crippen molar-refractivity contribution in [1.29, 1.82) is 0 Å². The molecule has 0 saturated carbocycles. The molecule has 4 heteroatoms. The maximum absolute atomic E-state index is 8.99. The van der Waals surface area contributed by atoms with Gasteiger partial charge in [0.05, 0.1) is 18.4 Å². The maximum Gasteiger partial charge on any atom is 0.0826 e. The Bertz CT molecular complexity index is 203. The molecule has 1 aromatic rings. The van der Waals surface area contributed by atoms with Crippen LogP contribution >= 0.6 is 0 Å². The molecule has 4 nitrogen and oxygen atoms in total. The van der Waals surface area contributed by atoms with Crippen LogP contribution in [-0.4, -0.2) is 32.9 Å². The van der Waals surface area contributed by atoms with Crippen molar-refractivity contribution in [2.24, 2.45) is 0 Å². The molecule has 0 bridgehead atoms. The molecule has 1 aromatic heterocycles. The quantitative estimate of drug-likeness (QED) is 0.608. The van der Waals surface area contributed by atoms with E-state index >= 15 is 0 Å². The van der Waals surface area contributed by atoms with Gasteiger partial charge in [-0.2, -0.15) is 0 Å². The normalized spacial score (nSPS) is 12.9. The molecule has 0 fully saturated rings. The molecule has 1 unspecified atom stereocenters. The summed E-state index contributed by atoms with van der Waals surface area (Å²) in [4.78, 5) is 7.75. The Labute approximate surface area is 64.6 Å². The zero-order valence-corrected chi connectivity index (χ0v) is 6.01. The van der Waals surface area contributed by atoms with Gasteiger partial charge in [-0.25, -0.2) is 0 Å². The van der Waals surface area contributed by atoms with E-state index in [1.807, 2.05) is 0 Å². The monoisotopic (exact) mass is 154 g/mol. The summed E-state index contributed by atoms with van der Waals surface area (Å²) in [5.41, 5.74) is 0.689. The molecule has 0 aliphatic rings. The molecule has 60 valence electrons. The first-order valence-electron chi connectivity index (χ1n) is 3.36. The molecule has 0 radical (unpaired) electrons. The van der Waals surface area contributed by atoms with Gasteiger partial charge < -0.3 is 10.2 Å². The summed E-state index contributed by atoms with van der Waals surface area (Å²) < 4.78 is 0. The average Bonchev–Trinajstić information content (AvgIpc) is 2.06. The third-order valence-corrected chi connectivity index (χ3v) is 1.27. The van der Waals surface area contributed by atoms with Crippen molar-refractivity contribution in [2.75, 3.05) is 6.61 Å². The standard InChI is InChI=1S/C7H10N2O2/c10-5-7(11)3-6-4-8-1-2-9-6/h1-2,4,7,10-11H,3,5H2. The van der Waals surface area contributed by atoms with Crippen LogP contribution in [-0.2, 0) is 6.42 Å². The minimum absolute atomic E-state index is 0.240. The predicted molar refractivity (Wildman–Crippen MR) is 38.8 cm³/mol. The Morgan fingerprint density at radius 3 is 2.82 bits per heavy atom. The minimum Gasteiger partial charge on any atom is -0.394 e. The number of hydrogen-bond acceptors (Lipinski definition) is 4. The molecule has 0 aliphatic heterocycles. The highest BCUT2D eigenvalue weighted by atomic mass is 16.3. The van der Waals surface area contributed by atoms with E-state index in [0.717, 1.165) is 0 Å². The minimum atomic E-state index is -0.730. The van der Waals surface area contributed by atoms with Gasteiger partial charge in [-0.1, -0.05) is 0 Å². The molecule has 1 rings (SSSR count). The van der Waals surface area contributed by atoms with Gasteiger partial charge in [-0.15, -0.1) is 0 Å². The molecule has 1 heterocycles. The van der Waals surface area contributed by atoms with E-state index in [1.165, 1.54) is 0 Å². The summed E-state index contributed by atoms with van der Waals surface area (Å²) >= 11 is 0. The first-order chi connectivity index (χ1) is 5.33. The smallest absolute Gasteiger partial charge is 0.0826 e. The first-order valence-corrected chi connectivity index (χ1v) is 3.36. The fraction of sp³-hybridized carbons (Fsp3) is 0.429. The Kier molecular flexibility index (Phi) is 2.95. The molecule has 0 spiro atoms. The molecule has 11 heavy (non-hydrogen) atoms. The second kappa shape index (κ2) is 4.00. The summed E-state index contributed by atoms with van der Waals surface area (Å²) in [7, 11) is 0. The van der Waals surface area contributed by atoms with Gasteiger partial charge in [0, 0.05) is 25.0 Å². The van der Waals surface area contributed by atoms with Gasteiger partial charge in [-0.3, -0.25) is 9.97 Å². The number of rotatable bonds is 3. The van der Waals surface area contributed by atoms with Crippen LogP contribution in [0.25, 0.3) is 0 Å². The lowest BCUT2D eigenvalue weighted by Crippen LogP contribution is -2.15. The molecule has 2 N–H and O–H groups in total. The van der Waals surface area contributed by atoms with Crippen molar-refractivity contribution in [3.8, 4) is 0 Å². The van der Waals surface area contributed by atoms with Crippen molar-refractivity contribution in [1.82, 2.24) is 9.97 Å². The summed E-state index contributed by atoms with van der Waals surface area (Å²) in [6.07, 6.45) is 4.31. The van der Waals surface area contributed by atoms with Crippen LogP contribution in [0.1, 0.15) is 5.69 Å². The van der Waals surface area contributed by atoms with Crippen LogP contribution in [0, 0.1) is 0 Å². The molecular weight excluding hydrogens is 144 g/mol. The van der Waals surface area contributed by atoms with E-state index in [0.29, 0.717) is 12.1 Å². The molecular formula is C7H10N2O2. The zero-order chi connectivity index (χ0) is 8.10. The molecule has 1 atom stereocenters. The van der Waals surface area contributed by atoms with Crippen molar-refractivity contribution in [3.63, 3.8) is 0 Å². The Morgan fingerprint density at radius 1 is 1.45 bits per heavy atom. The van der Waals surface area contributed by atoms with Crippen LogP contribution in [0.4, 0.5) is 0 Å². The highest BCUT2D eigenvalue weighted by Gasteiger charge is 2.03. The van der Waals surface area contributed by atoms with Crippen molar-refractivity contribution >= 4 is 0 Å². The van der Waals surface area contributed by atoms with Crippen LogP contribution < -0.4 is 0 Å². The van der Waals surface area contributed by atoms with Gasteiger partial charge >= 0.3 is 0 Å². The third kappa shape index (κ3) is 2.61. The van der Waals surface area contributed by atoms with Gasteiger partial charge in [0.2, 0.25) is 0 Å². The fourth-order valence-corrected chi connectivity index (χ4v) is 0.741. The SMILES string of the molecule is OCC(O)Cc1cnccn1. The maximum atomic E-state index is 8.99. The van der Waals surface area contributed by atoms with Crippen molar-refractivity contribution in [2.45, 2.75) is 12.5 Å². The van der Waals surface area contributed by atoms with Gasteiger partial charge in [0.25, 0.3) is 0 Å². The number of nitrogens with zero attached hydrogens (tertiary/aromatic N) is 2. The number of aliphatic hydroxyl groups excluding tert-OH is 2. The average molecular weight is 154 g/mol. The fourth-order valence-electron chi connectivity index (χ4n) is 0.741. The van der Waals surface area contributed by atoms with Crippen LogP contribution in [0.3, 0.4) is 0 Å².